The Bertz CT molecular complexity index is 631. The molecule has 1 aromatic rings. The van der Waals surface area contributed by atoms with Gasteiger partial charge in [-0.05, 0) is 48.4 Å². The Morgan fingerprint density at radius 1 is 1.33 bits per heavy atom. The third-order valence-corrected chi connectivity index (χ3v) is 4.19. The van der Waals surface area contributed by atoms with E-state index in [1.54, 1.807) is 23.7 Å². The van der Waals surface area contributed by atoms with Crippen molar-refractivity contribution in [3.8, 4) is 0 Å². The lowest BCUT2D eigenvalue weighted by Crippen LogP contribution is -2.41. The number of rotatable bonds is 4. The van der Waals surface area contributed by atoms with Crippen LogP contribution in [0, 0.1) is 5.92 Å². The highest BCUT2D eigenvalue weighted by Crippen LogP contribution is 2.28. The third kappa shape index (κ3) is 4.70. The summed E-state index contributed by atoms with van der Waals surface area (Å²) in [5.74, 6) is -1.34. The molecule has 132 valence electrons. The first-order chi connectivity index (χ1) is 11.2. The van der Waals surface area contributed by atoms with Crippen LogP contribution in [0.3, 0.4) is 0 Å². The highest BCUT2D eigenvalue weighted by atomic mass is 19.4. The Morgan fingerprint density at radius 3 is 2.62 bits per heavy atom. The van der Waals surface area contributed by atoms with Gasteiger partial charge in [0.2, 0.25) is 5.91 Å². The molecule has 2 rings (SSSR count). The van der Waals surface area contributed by atoms with Gasteiger partial charge in [-0.25, -0.2) is 5.48 Å². The second kappa shape index (κ2) is 7.21. The number of hydrogen-bond donors (Lipinski definition) is 2. The number of benzene rings is 1. The molecule has 0 bridgehead atoms. The van der Waals surface area contributed by atoms with Gasteiger partial charge in [0.25, 0.3) is 5.91 Å². The fraction of sp³-hybridized carbons (Fsp3) is 0.500. The fourth-order valence-electron chi connectivity index (χ4n) is 3.03. The molecule has 24 heavy (non-hydrogen) atoms. The van der Waals surface area contributed by atoms with Crippen molar-refractivity contribution >= 4 is 11.8 Å². The summed E-state index contributed by atoms with van der Waals surface area (Å²) in [7, 11) is 0. The molecule has 1 unspecified atom stereocenters. The Balaban J connectivity index is 2.10. The van der Waals surface area contributed by atoms with Crippen molar-refractivity contribution in [3.63, 3.8) is 0 Å². The number of carbonyl (C=O) groups is 2. The van der Waals surface area contributed by atoms with Crippen LogP contribution < -0.4 is 5.48 Å². The summed E-state index contributed by atoms with van der Waals surface area (Å²) in [6, 6.07) is 5.01. The minimum atomic E-state index is -4.43. The number of fused-ring (bicyclic) bond motifs is 1. The van der Waals surface area contributed by atoms with Crippen LogP contribution in [0.1, 0.15) is 34.8 Å². The van der Waals surface area contributed by atoms with Crippen LogP contribution in [0.5, 0.6) is 0 Å². The van der Waals surface area contributed by atoms with E-state index in [0.29, 0.717) is 19.3 Å². The van der Waals surface area contributed by atoms with Gasteiger partial charge in [-0.15, -0.1) is 0 Å². The second-order valence-corrected chi connectivity index (χ2v) is 6.05. The summed E-state index contributed by atoms with van der Waals surface area (Å²) >= 11 is 0. The molecule has 1 aliphatic rings. The molecule has 1 aliphatic carbocycles. The van der Waals surface area contributed by atoms with Gasteiger partial charge in [-0.1, -0.05) is 6.07 Å². The average molecular weight is 344 g/mol. The van der Waals surface area contributed by atoms with Crippen molar-refractivity contribution in [3.05, 3.63) is 34.9 Å². The number of nitrogens with zero attached hydrogens (tertiary/aromatic N) is 1. The van der Waals surface area contributed by atoms with Gasteiger partial charge in [-0.3, -0.25) is 14.8 Å². The van der Waals surface area contributed by atoms with Gasteiger partial charge in [-0.2, -0.15) is 13.2 Å². The lowest BCUT2D eigenvalue weighted by Gasteiger charge is -2.31. The van der Waals surface area contributed by atoms with E-state index in [9.17, 15) is 22.8 Å². The van der Waals surface area contributed by atoms with Gasteiger partial charge in [0, 0.05) is 19.0 Å². The van der Waals surface area contributed by atoms with Gasteiger partial charge in [0.15, 0.2) is 0 Å². The Hall–Kier alpha value is -2.09. The molecule has 0 radical (unpaired) electrons. The van der Waals surface area contributed by atoms with Gasteiger partial charge < -0.3 is 4.90 Å². The number of hydrogen-bond acceptors (Lipinski definition) is 3. The van der Waals surface area contributed by atoms with Gasteiger partial charge in [0.05, 0.1) is 0 Å². The molecule has 5 nitrogen and oxygen atoms in total. The third-order valence-electron chi connectivity index (χ3n) is 4.19. The predicted molar refractivity (Wildman–Crippen MR) is 79.5 cm³/mol. The zero-order valence-corrected chi connectivity index (χ0v) is 13.2. The summed E-state index contributed by atoms with van der Waals surface area (Å²) in [6.45, 7) is -0.0877. The summed E-state index contributed by atoms with van der Waals surface area (Å²) in [4.78, 5) is 23.8. The standard InChI is InChI=1S/C16H19F3N2O3/c1-10(22)21(9-16(17,18)19)8-11-2-3-12-4-5-13(15(23)20-24)7-14(12)6-11/h4-5,7,11,24H,2-3,6,8-9H2,1H3,(H,20,23). The maximum atomic E-state index is 12.6. The van der Waals surface area contributed by atoms with Crippen molar-refractivity contribution < 1.29 is 28.0 Å². The van der Waals surface area contributed by atoms with Crippen LogP contribution in [-0.2, 0) is 17.6 Å². The van der Waals surface area contributed by atoms with Crippen LogP contribution in [0.15, 0.2) is 18.2 Å². The number of hydroxylamine groups is 1. The molecule has 2 amide bonds. The second-order valence-electron chi connectivity index (χ2n) is 6.05. The maximum Gasteiger partial charge on any atom is 0.406 e. The number of amides is 2. The Labute approximate surface area is 137 Å². The predicted octanol–water partition coefficient (Wildman–Crippen LogP) is 2.32. The topological polar surface area (TPSA) is 69.6 Å². The SMILES string of the molecule is CC(=O)N(CC1CCc2ccc(C(=O)NO)cc2C1)CC(F)(F)F. The maximum absolute atomic E-state index is 12.6. The molecule has 0 saturated carbocycles. The zero-order chi connectivity index (χ0) is 17.9. The molecule has 0 heterocycles. The molecule has 1 atom stereocenters. The molecule has 1 aromatic carbocycles. The van der Waals surface area contributed by atoms with Crippen molar-refractivity contribution in [1.29, 1.82) is 0 Å². The molecule has 0 saturated heterocycles. The summed E-state index contributed by atoms with van der Waals surface area (Å²) in [5, 5.41) is 8.68. The highest BCUT2D eigenvalue weighted by molar-refractivity contribution is 5.93. The number of alkyl halides is 3. The molecule has 2 N–H and O–H groups in total. The van der Waals surface area contributed by atoms with Crippen LogP contribution in [-0.4, -0.2) is 41.2 Å². The fourth-order valence-corrected chi connectivity index (χ4v) is 3.03. The first-order valence-electron chi connectivity index (χ1n) is 7.58. The summed E-state index contributed by atoms with van der Waals surface area (Å²) in [5.41, 5.74) is 3.74. The van der Waals surface area contributed by atoms with E-state index in [4.69, 9.17) is 5.21 Å². The molecule has 0 aliphatic heterocycles. The minimum absolute atomic E-state index is 0.0324. The van der Waals surface area contributed by atoms with Crippen molar-refractivity contribution in [2.75, 3.05) is 13.1 Å². The number of carbonyl (C=O) groups excluding carboxylic acids is 2. The lowest BCUT2D eigenvalue weighted by molar-refractivity contribution is -0.161. The monoisotopic (exact) mass is 344 g/mol. The van der Waals surface area contributed by atoms with E-state index >= 15 is 0 Å². The van der Waals surface area contributed by atoms with Crippen LogP contribution >= 0.6 is 0 Å². The number of halogens is 3. The zero-order valence-electron chi connectivity index (χ0n) is 13.2. The summed E-state index contributed by atoms with van der Waals surface area (Å²) < 4.78 is 37.7. The minimum Gasteiger partial charge on any atom is -0.334 e. The highest BCUT2D eigenvalue weighted by Gasteiger charge is 2.33. The largest absolute Gasteiger partial charge is 0.406 e. The first-order valence-corrected chi connectivity index (χ1v) is 7.58. The van der Waals surface area contributed by atoms with Crippen LogP contribution in [0.4, 0.5) is 13.2 Å². The Kier molecular flexibility index (Phi) is 5.48. The summed E-state index contributed by atoms with van der Waals surface area (Å²) in [6.07, 6.45) is -2.58. The normalized spacial score (nSPS) is 17.1. The van der Waals surface area contributed by atoms with E-state index in [0.717, 1.165) is 23.0 Å². The smallest absolute Gasteiger partial charge is 0.334 e. The van der Waals surface area contributed by atoms with Gasteiger partial charge >= 0.3 is 6.18 Å². The van der Waals surface area contributed by atoms with Gasteiger partial charge in [0.1, 0.15) is 6.54 Å². The van der Waals surface area contributed by atoms with Crippen molar-refractivity contribution in [2.24, 2.45) is 5.92 Å². The average Bonchev–Trinajstić information content (AvgIpc) is 2.51. The number of aryl methyl sites for hydroxylation is 1. The van der Waals surface area contributed by atoms with E-state index in [1.807, 2.05) is 0 Å². The van der Waals surface area contributed by atoms with Crippen LogP contribution in [0.2, 0.25) is 0 Å². The quantitative estimate of drug-likeness (QED) is 0.651. The van der Waals surface area contributed by atoms with E-state index in [1.165, 1.54) is 0 Å². The Morgan fingerprint density at radius 2 is 2.04 bits per heavy atom. The van der Waals surface area contributed by atoms with Crippen molar-refractivity contribution in [1.82, 2.24) is 10.4 Å². The molecular weight excluding hydrogens is 325 g/mol. The lowest BCUT2D eigenvalue weighted by atomic mass is 9.83. The molecule has 0 fully saturated rings. The van der Waals surface area contributed by atoms with E-state index in [2.05, 4.69) is 0 Å². The van der Waals surface area contributed by atoms with E-state index < -0.39 is 24.5 Å². The molecule has 8 heteroatoms. The molecule has 0 spiro atoms. The molecular formula is C16H19F3N2O3. The van der Waals surface area contributed by atoms with Crippen LogP contribution in [0.25, 0.3) is 0 Å². The molecule has 0 aromatic heterocycles. The van der Waals surface area contributed by atoms with Crippen molar-refractivity contribution in [2.45, 2.75) is 32.4 Å². The van der Waals surface area contributed by atoms with E-state index in [-0.39, 0.29) is 18.0 Å². The first kappa shape index (κ1) is 18.3. The number of nitrogens with one attached hydrogen (secondary N) is 1.